The molecular formula is C12H15NO4S. The van der Waals surface area contributed by atoms with Gasteiger partial charge < -0.3 is 10.0 Å². The lowest BCUT2D eigenvalue weighted by molar-refractivity contribution is -0.117. The minimum Gasteiger partial charge on any atom is -0.396 e. The van der Waals surface area contributed by atoms with Crippen molar-refractivity contribution in [3.63, 3.8) is 0 Å². The number of hydrogen-bond donors (Lipinski definition) is 1. The van der Waals surface area contributed by atoms with Gasteiger partial charge in [0.05, 0.1) is 4.90 Å². The van der Waals surface area contributed by atoms with E-state index in [0.717, 1.165) is 6.26 Å². The number of amides is 1. The third-order valence-corrected chi connectivity index (χ3v) is 4.17. The van der Waals surface area contributed by atoms with Crippen molar-refractivity contribution in [2.24, 2.45) is 5.92 Å². The summed E-state index contributed by atoms with van der Waals surface area (Å²) in [7, 11) is -3.22. The van der Waals surface area contributed by atoms with E-state index in [1.54, 1.807) is 17.0 Å². The van der Waals surface area contributed by atoms with Crippen molar-refractivity contribution in [2.75, 3.05) is 24.3 Å². The zero-order valence-corrected chi connectivity index (χ0v) is 10.9. The minimum absolute atomic E-state index is 0.0103. The molecular weight excluding hydrogens is 254 g/mol. The topological polar surface area (TPSA) is 74.7 Å². The maximum Gasteiger partial charge on any atom is 0.227 e. The highest BCUT2D eigenvalue weighted by molar-refractivity contribution is 7.90. The third kappa shape index (κ3) is 2.54. The number of nitrogens with zero attached hydrogens (tertiary/aromatic N) is 1. The minimum atomic E-state index is -3.22. The smallest absolute Gasteiger partial charge is 0.227 e. The normalized spacial score (nSPS) is 20.4. The fraction of sp³-hybridized carbons (Fsp3) is 0.417. The summed E-state index contributed by atoms with van der Waals surface area (Å²) in [5.41, 5.74) is 0.670. The number of rotatable bonds is 3. The quantitative estimate of drug-likeness (QED) is 0.863. The van der Waals surface area contributed by atoms with Gasteiger partial charge in [0, 0.05) is 37.4 Å². The van der Waals surface area contributed by atoms with Crippen LogP contribution in [-0.4, -0.2) is 38.8 Å². The molecule has 18 heavy (non-hydrogen) atoms. The molecule has 0 bridgehead atoms. The number of aliphatic hydroxyl groups excluding tert-OH is 1. The van der Waals surface area contributed by atoms with Gasteiger partial charge >= 0.3 is 0 Å². The zero-order valence-electron chi connectivity index (χ0n) is 10.0. The molecule has 1 aliphatic rings. The molecule has 98 valence electrons. The Morgan fingerprint density at radius 2 is 1.94 bits per heavy atom. The summed E-state index contributed by atoms with van der Waals surface area (Å²) < 4.78 is 22.6. The molecule has 2 rings (SSSR count). The summed E-state index contributed by atoms with van der Waals surface area (Å²) in [6.07, 6.45) is 1.48. The van der Waals surface area contributed by atoms with Gasteiger partial charge in [-0.3, -0.25) is 4.79 Å². The number of carbonyl (C=O) groups is 1. The molecule has 1 fully saturated rings. The molecule has 1 heterocycles. The molecule has 1 aliphatic heterocycles. The monoisotopic (exact) mass is 269 g/mol. The highest BCUT2D eigenvalue weighted by atomic mass is 32.2. The van der Waals surface area contributed by atoms with Crippen molar-refractivity contribution in [3.8, 4) is 0 Å². The van der Waals surface area contributed by atoms with Crippen LogP contribution < -0.4 is 4.90 Å². The van der Waals surface area contributed by atoms with E-state index >= 15 is 0 Å². The first-order valence-electron chi connectivity index (χ1n) is 5.63. The summed E-state index contributed by atoms with van der Waals surface area (Å²) in [4.78, 5) is 13.5. The van der Waals surface area contributed by atoms with Crippen molar-refractivity contribution in [1.82, 2.24) is 0 Å². The first-order valence-corrected chi connectivity index (χ1v) is 7.52. The molecule has 1 amide bonds. The average Bonchev–Trinajstić information content (AvgIpc) is 2.70. The van der Waals surface area contributed by atoms with Gasteiger partial charge in [0.1, 0.15) is 0 Å². The zero-order chi connectivity index (χ0) is 13.3. The van der Waals surface area contributed by atoms with Crippen LogP contribution in [0.5, 0.6) is 0 Å². The number of hydrogen-bond acceptors (Lipinski definition) is 4. The molecule has 0 radical (unpaired) electrons. The van der Waals surface area contributed by atoms with Gasteiger partial charge in [-0.25, -0.2) is 8.42 Å². The lowest BCUT2D eigenvalue weighted by Crippen LogP contribution is -2.24. The Morgan fingerprint density at radius 3 is 2.39 bits per heavy atom. The van der Waals surface area contributed by atoms with Crippen molar-refractivity contribution < 1.29 is 18.3 Å². The number of carbonyl (C=O) groups excluding carboxylic acids is 1. The molecule has 1 saturated heterocycles. The molecule has 5 nitrogen and oxygen atoms in total. The van der Waals surface area contributed by atoms with E-state index in [4.69, 9.17) is 5.11 Å². The maximum atomic E-state index is 11.7. The summed E-state index contributed by atoms with van der Waals surface area (Å²) in [5.74, 6) is -0.0757. The van der Waals surface area contributed by atoms with Crippen LogP contribution in [0.15, 0.2) is 29.2 Å². The number of anilines is 1. The molecule has 0 saturated carbocycles. The van der Waals surface area contributed by atoms with Crippen LogP contribution in [0.4, 0.5) is 5.69 Å². The Labute approximate surface area is 106 Å². The van der Waals surface area contributed by atoms with Crippen LogP contribution in [0.1, 0.15) is 6.42 Å². The van der Waals surface area contributed by atoms with E-state index < -0.39 is 9.84 Å². The van der Waals surface area contributed by atoms with E-state index in [1.165, 1.54) is 12.1 Å². The van der Waals surface area contributed by atoms with Gasteiger partial charge in [0.15, 0.2) is 9.84 Å². The number of sulfone groups is 1. The number of aliphatic hydroxyl groups is 1. The molecule has 0 spiro atoms. The van der Waals surface area contributed by atoms with Crippen molar-refractivity contribution in [1.29, 1.82) is 0 Å². The van der Waals surface area contributed by atoms with Gasteiger partial charge in [-0.05, 0) is 24.3 Å². The second-order valence-corrected chi connectivity index (χ2v) is 6.54. The number of benzene rings is 1. The standard InChI is InChI=1S/C12H15NO4S/c1-18(16,17)11-4-2-10(3-5-11)13-7-9(8-14)6-12(13)15/h2-5,9,14H,6-8H2,1H3. The Kier molecular flexibility index (Phi) is 3.41. The average molecular weight is 269 g/mol. The first kappa shape index (κ1) is 13.0. The molecule has 1 N–H and O–H groups in total. The second kappa shape index (κ2) is 4.70. The lowest BCUT2D eigenvalue weighted by Gasteiger charge is -2.16. The van der Waals surface area contributed by atoms with E-state index in [-0.39, 0.29) is 23.3 Å². The van der Waals surface area contributed by atoms with Crippen molar-refractivity contribution in [2.45, 2.75) is 11.3 Å². The van der Waals surface area contributed by atoms with Crippen molar-refractivity contribution in [3.05, 3.63) is 24.3 Å². The molecule has 0 aliphatic carbocycles. The fourth-order valence-corrected chi connectivity index (χ4v) is 2.66. The van der Waals surface area contributed by atoms with Crippen LogP contribution >= 0.6 is 0 Å². The molecule has 0 aromatic heterocycles. The van der Waals surface area contributed by atoms with Gasteiger partial charge in [-0.15, -0.1) is 0 Å². The highest BCUT2D eigenvalue weighted by Gasteiger charge is 2.29. The highest BCUT2D eigenvalue weighted by Crippen LogP contribution is 2.25. The first-order chi connectivity index (χ1) is 8.41. The molecule has 1 aromatic carbocycles. The fourth-order valence-electron chi connectivity index (χ4n) is 2.03. The Morgan fingerprint density at radius 1 is 1.33 bits per heavy atom. The van der Waals surface area contributed by atoms with Gasteiger partial charge in [0.25, 0.3) is 0 Å². The predicted molar refractivity (Wildman–Crippen MR) is 67.1 cm³/mol. The lowest BCUT2D eigenvalue weighted by atomic mass is 10.1. The van der Waals surface area contributed by atoms with Gasteiger partial charge in [-0.1, -0.05) is 0 Å². The van der Waals surface area contributed by atoms with Crippen LogP contribution in [0.2, 0.25) is 0 Å². The Balaban J connectivity index is 2.23. The van der Waals surface area contributed by atoms with E-state index in [2.05, 4.69) is 0 Å². The van der Waals surface area contributed by atoms with Crippen LogP contribution in [-0.2, 0) is 14.6 Å². The SMILES string of the molecule is CS(=O)(=O)c1ccc(N2CC(CO)CC2=O)cc1. The van der Waals surface area contributed by atoms with Crippen LogP contribution in [0.25, 0.3) is 0 Å². The Bertz CT molecular complexity index is 550. The van der Waals surface area contributed by atoms with Crippen LogP contribution in [0, 0.1) is 5.92 Å². The van der Waals surface area contributed by atoms with E-state index in [1.807, 2.05) is 0 Å². The van der Waals surface area contributed by atoms with Crippen molar-refractivity contribution >= 4 is 21.4 Å². The summed E-state index contributed by atoms with van der Waals surface area (Å²) in [6.45, 7) is 0.469. The molecule has 6 heteroatoms. The summed E-state index contributed by atoms with van der Waals surface area (Å²) in [6, 6.07) is 6.22. The second-order valence-electron chi connectivity index (χ2n) is 4.52. The molecule has 1 aromatic rings. The summed E-state index contributed by atoms with van der Waals surface area (Å²) in [5, 5.41) is 9.04. The van der Waals surface area contributed by atoms with Gasteiger partial charge in [0.2, 0.25) is 5.91 Å². The van der Waals surface area contributed by atoms with Crippen LogP contribution in [0.3, 0.4) is 0 Å². The summed E-state index contributed by atoms with van der Waals surface area (Å²) >= 11 is 0. The van der Waals surface area contributed by atoms with E-state index in [0.29, 0.717) is 18.7 Å². The Hall–Kier alpha value is -1.40. The third-order valence-electron chi connectivity index (χ3n) is 3.04. The largest absolute Gasteiger partial charge is 0.396 e. The predicted octanol–water partition coefficient (Wildman–Crippen LogP) is 0.435. The maximum absolute atomic E-state index is 11.7. The molecule has 1 unspecified atom stereocenters. The molecule has 1 atom stereocenters. The van der Waals surface area contributed by atoms with Gasteiger partial charge in [-0.2, -0.15) is 0 Å². The van der Waals surface area contributed by atoms with E-state index in [9.17, 15) is 13.2 Å².